The van der Waals surface area contributed by atoms with Gasteiger partial charge in [0.15, 0.2) is 0 Å². The summed E-state index contributed by atoms with van der Waals surface area (Å²) in [6, 6.07) is 29.7. The molecule has 0 fully saturated rings. The number of aromatic hydroxyl groups is 1. The third-order valence-corrected chi connectivity index (χ3v) is 11.5. The van der Waals surface area contributed by atoms with E-state index < -0.39 is 42.0 Å². The maximum absolute atomic E-state index is 13.5. The van der Waals surface area contributed by atoms with Crippen LogP contribution in [0.5, 0.6) is 5.75 Å². The number of carbonyl (C=O) groups excluding carboxylic acids is 4. The van der Waals surface area contributed by atoms with Gasteiger partial charge in [0.2, 0.25) is 23.6 Å². The number of rotatable bonds is 27. The summed E-state index contributed by atoms with van der Waals surface area (Å²) in [6.45, 7) is 4.39. The number of phenolic OH excluding ortho intramolecular Hbond substituents is 1. The Balaban J connectivity index is 1.10. The molecule has 4 aromatic carbocycles. The first-order valence-electron chi connectivity index (χ1n) is 23.0. The monoisotopic (exact) mass is 899 g/mol. The number of benzene rings is 4. The molecule has 1 heterocycles. The van der Waals surface area contributed by atoms with Gasteiger partial charge >= 0.3 is 5.97 Å². The van der Waals surface area contributed by atoms with Crippen LogP contribution in [0.4, 0.5) is 0 Å². The minimum absolute atomic E-state index is 0.0122. The van der Waals surface area contributed by atoms with Gasteiger partial charge in [-0.25, -0.2) is 9.78 Å². The van der Waals surface area contributed by atoms with Crippen molar-refractivity contribution in [3.63, 3.8) is 0 Å². The van der Waals surface area contributed by atoms with Crippen LogP contribution in [0.2, 0.25) is 0 Å². The number of hydrogen-bond acceptors (Lipinski definition) is 8. The Hall–Kier alpha value is -6.80. The van der Waals surface area contributed by atoms with Crippen LogP contribution >= 0.6 is 0 Å². The Bertz CT molecular complexity index is 2250. The van der Waals surface area contributed by atoms with E-state index in [2.05, 4.69) is 57.4 Å². The summed E-state index contributed by atoms with van der Waals surface area (Å²) in [5.41, 5.74) is 11.7. The minimum Gasteiger partial charge on any atom is -0.508 e. The van der Waals surface area contributed by atoms with Gasteiger partial charge in [-0.2, -0.15) is 0 Å². The third-order valence-electron chi connectivity index (χ3n) is 11.5. The molecule has 0 spiro atoms. The SMILES string of the molecule is CCCCCCC(NC(=O)C(N)Cc1cn(C(c2ccccc2)c2ccccc2)cn1)C(=O)NCCCCCC(=O)NC(Cc1ccc(C)cc1)C(=O)N[C@@H](Cc1ccc(O)cc1)C(=O)O. The van der Waals surface area contributed by atoms with Crippen LogP contribution in [-0.2, 0) is 43.2 Å². The summed E-state index contributed by atoms with van der Waals surface area (Å²) >= 11 is 0. The van der Waals surface area contributed by atoms with Gasteiger partial charge in [-0.1, -0.05) is 142 Å². The van der Waals surface area contributed by atoms with Crippen LogP contribution in [0.15, 0.2) is 122 Å². The summed E-state index contributed by atoms with van der Waals surface area (Å²) in [5.74, 6) is -2.90. The lowest BCUT2D eigenvalue weighted by Crippen LogP contribution is -2.53. The second-order valence-electron chi connectivity index (χ2n) is 16.9. The fourth-order valence-corrected chi connectivity index (χ4v) is 7.77. The summed E-state index contributed by atoms with van der Waals surface area (Å²) in [5, 5.41) is 30.8. The number of imidazole rings is 1. The number of nitrogens with one attached hydrogen (secondary N) is 4. The van der Waals surface area contributed by atoms with Crippen molar-refractivity contribution in [3.8, 4) is 5.75 Å². The van der Waals surface area contributed by atoms with Crippen molar-refractivity contribution >= 4 is 29.6 Å². The smallest absolute Gasteiger partial charge is 0.326 e. The highest BCUT2D eigenvalue weighted by Crippen LogP contribution is 2.27. The molecule has 0 saturated heterocycles. The summed E-state index contributed by atoms with van der Waals surface area (Å²) in [6.07, 6.45) is 10.0. The highest BCUT2D eigenvalue weighted by molar-refractivity contribution is 5.91. The fourth-order valence-electron chi connectivity index (χ4n) is 7.77. The number of nitrogens with two attached hydrogens (primary N) is 1. The topological polar surface area (TPSA) is 218 Å². The van der Waals surface area contributed by atoms with Gasteiger partial charge in [0, 0.05) is 38.4 Å². The number of unbranched alkanes of at least 4 members (excludes halogenated alkanes) is 5. The van der Waals surface area contributed by atoms with Crippen LogP contribution in [0.1, 0.15) is 104 Å². The molecule has 66 heavy (non-hydrogen) atoms. The third kappa shape index (κ3) is 16.3. The first kappa shape index (κ1) is 50.2. The largest absolute Gasteiger partial charge is 0.508 e. The predicted octanol–water partition coefficient (Wildman–Crippen LogP) is 6.08. The molecule has 14 nitrogen and oxygen atoms in total. The maximum atomic E-state index is 13.5. The van der Waals surface area contributed by atoms with Crippen LogP contribution in [0.3, 0.4) is 0 Å². The lowest BCUT2D eigenvalue weighted by molar-refractivity contribution is -0.142. The molecule has 5 rings (SSSR count). The predicted molar refractivity (Wildman–Crippen MR) is 254 cm³/mol. The first-order chi connectivity index (χ1) is 31.9. The number of hydrogen-bond donors (Lipinski definition) is 7. The Morgan fingerprint density at radius 2 is 1.24 bits per heavy atom. The molecule has 4 atom stereocenters. The average molecular weight is 900 g/mol. The highest BCUT2D eigenvalue weighted by Gasteiger charge is 2.28. The van der Waals surface area contributed by atoms with Gasteiger partial charge in [0.25, 0.3) is 0 Å². The molecule has 3 unspecified atom stereocenters. The van der Waals surface area contributed by atoms with Crippen molar-refractivity contribution in [3.05, 3.63) is 155 Å². The van der Waals surface area contributed by atoms with Gasteiger partial charge in [0.05, 0.1) is 24.1 Å². The van der Waals surface area contributed by atoms with E-state index >= 15 is 0 Å². The van der Waals surface area contributed by atoms with Gasteiger partial charge in [-0.15, -0.1) is 0 Å². The number of phenols is 1. The van der Waals surface area contributed by atoms with Crippen molar-refractivity contribution in [2.75, 3.05) is 6.54 Å². The summed E-state index contributed by atoms with van der Waals surface area (Å²) < 4.78 is 2.02. The molecule has 8 N–H and O–H groups in total. The molecule has 0 bridgehead atoms. The van der Waals surface area contributed by atoms with E-state index in [1.54, 1.807) is 18.5 Å². The van der Waals surface area contributed by atoms with Crippen molar-refractivity contribution < 1.29 is 34.2 Å². The summed E-state index contributed by atoms with van der Waals surface area (Å²) in [4.78, 5) is 70.4. The number of carbonyl (C=O) groups is 5. The number of aliphatic carboxylic acids is 1. The van der Waals surface area contributed by atoms with Crippen LogP contribution in [-0.4, -0.2) is 80.1 Å². The Kier molecular flexibility index (Phi) is 20.0. The van der Waals surface area contributed by atoms with Gasteiger partial charge in [-0.05, 0) is 60.6 Å². The molecule has 350 valence electrons. The van der Waals surface area contributed by atoms with Crippen molar-refractivity contribution in [2.45, 2.75) is 121 Å². The molecular weight excluding hydrogens is 835 g/mol. The Labute approximate surface area is 387 Å². The van der Waals surface area contributed by atoms with Crippen molar-refractivity contribution in [1.82, 2.24) is 30.8 Å². The number of carboxylic acid groups (broad SMARTS) is 1. The maximum Gasteiger partial charge on any atom is 0.326 e. The van der Waals surface area contributed by atoms with E-state index in [-0.39, 0.29) is 49.3 Å². The standard InChI is InChI=1S/C52H65N7O7/c1-3-4-5-13-20-44(57-49(62)43(53)33-41-34-59(35-55-41)48(39-16-9-6-10-17-39)40-18-11-7-12-19-40)50(63)54-30-15-8-14-21-47(61)56-45(31-37-24-22-36(2)23-25-37)51(64)58-46(52(65)66)32-38-26-28-42(60)29-27-38/h6-7,9-12,16-19,22-29,34-35,43-46,48,60H,3-5,8,13-15,20-21,30-33,53H2,1-2H3,(H,54,63)(H,56,61)(H,57,62)(H,58,64)(H,65,66)/t43?,44?,45?,46-/m0/s1. The first-order valence-corrected chi connectivity index (χ1v) is 23.0. The van der Waals surface area contributed by atoms with Crippen LogP contribution in [0, 0.1) is 6.92 Å². The number of aryl methyl sites for hydroxylation is 1. The Morgan fingerprint density at radius 1 is 0.652 bits per heavy atom. The Morgan fingerprint density at radius 3 is 1.86 bits per heavy atom. The van der Waals surface area contributed by atoms with Gasteiger partial charge in [-0.3, -0.25) is 19.2 Å². The molecule has 1 aromatic heterocycles. The summed E-state index contributed by atoms with van der Waals surface area (Å²) in [7, 11) is 0. The van der Waals surface area contributed by atoms with E-state index in [9.17, 15) is 34.2 Å². The average Bonchev–Trinajstić information content (AvgIpc) is 3.77. The zero-order valence-electron chi connectivity index (χ0n) is 38.0. The molecular formula is C52H65N7O7. The van der Waals surface area contributed by atoms with Crippen LogP contribution in [0.25, 0.3) is 0 Å². The van der Waals surface area contributed by atoms with E-state index in [0.29, 0.717) is 43.5 Å². The number of nitrogens with zero attached hydrogens (tertiary/aromatic N) is 2. The number of aromatic nitrogens is 2. The molecule has 0 aliphatic heterocycles. The lowest BCUT2D eigenvalue weighted by Gasteiger charge is -2.22. The molecule has 4 amide bonds. The minimum atomic E-state index is -1.26. The molecule has 0 aliphatic rings. The van der Waals surface area contributed by atoms with E-state index in [4.69, 9.17) is 5.73 Å². The van der Waals surface area contributed by atoms with Crippen molar-refractivity contribution in [1.29, 1.82) is 0 Å². The second-order valence-corrected chi connectivity index (χ2v) is 16.9. The molecule has 5 aromatic rings. The zero-order chi connectivity index (χ0) is 47.3. The quantitative estimate of drug-likeness (QED) is 0.0304. The van der Waals surface area contributed by atoms with Gasteiger partial charge < -0.3 is 41.8 Å². The number of amides is 4. The van der Waals surface area contributed by atoms with E-state index in [0.717, 1.165) is 47.9 Å². The molecule has 14 heteroatoms. The molecule has 0 radical (unpaired) electrons. The van der Waals surface area contributed by atoms with Crippen LogP contribution < -0.4 is 27.0 Å². The normalized spacial score (nSPS) is 13.0. The zero-order valence-corrected chi connectivity index (χ0v) is 38.0. The lowest BCUT2D eigenvalue weighted by atomic mass is 9.98. The van der Waals surface area contributed by atoms with E-state index in [1.807, 2.05) is 78.4 Å². The number of carboxylic acids is 1. The van der Waals surface area contributed by atoms with E-state index in [1.165, 1.54) is 12.1 Å². The molecule has 0 saturated carbocycles. The van der Waals surface area contributed by atoms with Gasteiger partial charge in [0.1, 0.15) is 23.9 Å². The highest BCUT2D eigenvalue weighted by atomic mass is 16.4. The van der Waals surface area contributed by atoms with Crippen molar-refractivity contribution in [2.24, 2.45) is 5.73 Å². The second kappa shape index (κ2) is 26.2. The molecule has 0 aliphatic carbocycles. The fraction of sp³-hybridized carbons (Fsp3) is 0.385.